The Morgan fingerprint density at radius 3 is 2.62 bits per heavy atom. The molecule has 3 rings (SSSR count). The lowest BCUT2D eigenvalue weighted by atomic mass is 9.87. The van der Waals surface area contributed by atoms with Gasteiger partial charge in [0.1, 0.15) is 6.33 Å². The van der Waals surface area contributed by atoms with Crippen molar-refractivity contribution in [2.24, 2.45) is 0 Å². The minimum atomic E-state index is 0.0954. The Labute approximate surface area is 154 Å². The zero-order valence-corrected chi connectivity index (χ0v) is 15.7. The van der Waals surface area contributed by atoms with E-state index in [1.54, 1.807) is 6.08 Å². The maximum absolute atomic E-state index is 9.25. The first-order valence-corrected chi connectivity index (χ1v) is 8.67. The van der Waals surface area contributed by atoms with Gasteiger partial charge in [0.2, 0.25) is 0 Å². The van der Waals surface area contributed by atoms with Gasteiger partial charge in [-0.3, -0.25) is 4.57 Å². The van der Waals surface area contributed by atoms with Gasteiger partial charge in [-0.2, -0.15) is 5.26 Å². The Hall–Kier alpha value is -3.12. The highest BCUT2D eigenvalue weighted by Crippen LogP contribution is 2.28. The first-order valence-electron chi connectivity index (χ1n) is 8.67. The third-order valence-corrected chi connectivity index (χ3v) is 4.70. The number of hydrogen-bond donors (Lipinski definition) is 0. The van der Waals surface area contributed by atoms with Crippen molar-refractivity contribution in [2.75, 3.05) is 0 Å². The number of fused-ring (bicyclic) bond motifs is 1. The van der Waals surface area contributed by atoms with E-state index >= 15 is 0 Å². The van der Waals surface area contributed by atoms with Crippen LogP contribution in [0, 0.1) is 11.3 Å². The maximum Gasteiger partial charge on any atom is 0.100 e. The fourth-order valence-electron chi connectivity index (χ4n) is 3.01. The van der Waals surface area contributed by atoms with Gasteiger partial charge in [0.15, 0.2) is 0 Å². The molecule has 0 spiro atoms. The van der Waals surface area contributed by atoms with E-state index in [1.165, 1.54) is 5.56 Å². The summed E-state index contributed by atoms with van der Waals surface area (Å²) in [6, 6.07) is 16.8. The Bertz CT molecular complexity index is 1050. The highest BCUT2D eigenvalue weighted by molar-refractivity contribution is 5.79. The first-order chi connectivity index (χ1) is 12.3. The molecule has 0 bridgehead atoms. The second kappa shape index (κ2) is 6.65. The van der Waals surface area contributed by atoms with Crippen LogP contribution in [0.4, 0.5) is 0 Å². The predicted octanol–water partition coefficient (Wildman–Crippen LogP) is 5.81. The fourth-order valence-corrected chi connectivity index (χ4v) is 3.01. The first kappa shape index (κ1) is 17.7. The zero-order valence-electron chi connectivity index (χ0n) is 15.7. The summed E-state index contributed by atoms with van der Waals surface area (Å²) < 4.78 is 2.08. The second-order valence-electron chi connectivity index (χ2n) is 7.47. The molecule has 3 aromatic rings. The molecule has 0 aliphatic rings. The molecule has 130 valence electrons. The summed E-state index contributed by atoms with van der Waals surface area (Å²) in [4.78, 5) is 4.59. The average molecular weight is 341 g/mol. The van der Waals surface area contributed by atoms with E-state index in [0.717, 1.165) is 27.9 Å². The van der Waals surface area contributed by atoms with Crippen LogP contribution >= 0.6 is 0 Å². The van der Waals surface area contributed by atoms with E-state index in [2.05, 4.69) is 73.3 Å². The topological polar surface area (TPSA) is 41.6 Å². The number of aromatic nitrogens is 2. The van der Waals surface area contributed by atoms with Gasteiger partial charge in [-0.25, -0.2) is 4.98 Å². The molecule has 0 unspecified atom stereocenters. The van der Waals surface area contributed by atoms with Gasteiger partial charge < -0.3 is 0 Å². The van der Waals surface area contributed by atoms with Crippen LogP contribution in [0.2, 0.25) is 0 Å². The predicted molar refractivity (Wildman–Crippen MR) is 108 cm³/mol. The van der Waals surface area contributed by atoms with Crippen LogP contribution in [0.15, 0.2) is 67.0 Å². The molecular formula is C23H23N3. The molecule has 0 aliphatic carbocycles. The minimum absolute atomic E-state index is 0.0954. The van der Waals surface area contributed by atoms with E-state index in [9.17, 15) is 5.26 Å². The number of benzene rings is 2. The lowest BCUT2D eigenvalue weighted by molar-refractivity contribution is 0.591. The summed E-state index contributed by atoms with van der Waals surface area (Å²) in [7, 11) is 0. The third kappa shape index (κ3) is 3.19. The molecule has 0 amide bonds. The summed E-state index contributed by atoms with van der Waals surface area (Å²) in [5, 5.41) is 9.25. The average Bonchev–Trinajstić information content (AvgIpc) is 3.05. The zero-order chi connectivity index (χ0) is 18.9. The Morgan fingerprint density at radius 1 is 1.19 bits per heavy atom. The van der Waals surface area contributed by atoms with E-state index in [-0.39, 0.29) is 5.41 Å². The monoisotopic (exact) mass is 341 g/mol. The Morgan fingerprint density at radius 2 is 1.96 bits per heavy atom. The molecule has 3 heteroatoms. The summed E-state index contributed by atoms with van der Waals surface area (Å²) in [6.45, 7) is 12.3. The standard InChI is InChI=1S/C23H23N3/c1-6-17(14-24)16(2)18-8-7-9-20(12-18)26-15-25-21-13-19(23(3,4)5)10-11-22(21)26/h6-13,15H,1H2,2-5H3/b17-16-. The van der Waals surface area contributed by atoms with E-state index < -0.39 is 0 Å². The third-order valence-electron chi connectivity index (χ3n) is 4.70. The molecule has 0 radical (unpaired) electrons. The largest absolute Gasteiger partial charge is 0.299 e. The number of nitriles is 1. The molecule has 0 fully saturated rings. The van der Waals surface area contributed by atoms with Crippen LogP contribution in [0.3, 0.4) is 0 Å². The summed E-state index contributed by atoms with van der Waals surface area (Å²) in [5.41, 5.74) is 6.96. The highest BCUT2D eigenvalue weighted by atomic mass is 15.0. The Balaban J connectivity index is 2.11. The van der Waals surface area contributed by atoms with Crippen LogP contribution < -0.4 is 0 Å². The van der Waals surface area contributed by atoms with Crippen molar-refractivity contribution >= 4 is 16.6 Å². The van der Waals surface area contributed by atoms with Gasteiger partial charge in [0, 0.05) is 5.69 Å². The second-order valence-corrected chi connectivity index (χ2v) is 7.47. The number of rotatable bonds is 3. The number of imidazole rings is 1. The van der Waals surface area contributed by atoms with Crippen molar-refractivity contribution in [3.05, 3.63) is 78.1 Å². The van der Waals surface area contributed by atoms with Crippen LogP contribution in [0.25, 0.3) is 22.3 Å². The smallest absolute Gasteiger partial charge is 0.100 e. The number of allylic oxidation sites excluding steroid dienone is 3. The molecule has 26 heavy (non-hydrogen) atoms. The molecular weight excluding hydrogens is 318 g/mol. The summed E-state index contributed by atoms with van der Waals surface area (Å²) >= 11 is 0. The molecule has 1 heterocycles. The maximum atomic E-state index is 9.25. The van der Waals surface area contributed by atoms with Crippen LogP contribution in [0.5, 0.6) is 0 Å². The Kier molecular flexibility index (Phi) is 4.52. The van der Waals surface area contributed by atoms with Crippen molar-refractivity contribution in [3.63, 3.8) is 0 Å². The molecule has 0 aliphatic heterocycles. The lowest BCUT2D eigenvalue weighted by Crippen LogP contribution is -2.10. The summed E-state index contributed by atoms with van der Waals surface area (Å²) in [5.74, 6) is 0. The fraction of sp³-hybridized carbons (Fsp3) is 0.217. The van der Waals surface area contributed by atoms with E-state index in [0.29, 0.717) is 5.57 Å². The van der Waals surface area contributed by atoms with Crippen molar-refractivity contribution < 1.29 is 0 Å². The van der Waals surface area contributed by atoms with Gasteiger partial charge >= 0.3 is 0 Å². The van der Waals surface area contributed by atoms with Gasteiger partial charge in [-0.15, -0.1) is 0 Å². The molecule has 0 atom stereocenters. The van der Waals surface area contributed by atoms with Gasteiger partial charge in [0.05, 0.1) is 22.7 Å². The van der Waals surface area contributed by atoms with Crippen LogP contribution in [-0.4, -0.2) is 9.55 Å². The molecule has 0 saturated carbocycles. The normalized spacial score (nSPS) is 12.6. The van der Waals surface area contributed by atoms with Crippen molar-refractivity contribution in [2.45, 2.75) is 33.1 Å². The van der Waals surface area contributed by atoms with Crippen LogP contribution in [0.1, 0.15) is 38.8 Å². The minimum Gasteiger partial charge on any atom is -0.299 e. The van der Waals surface area contributed by atoms with E-state index in [1.807, 2.05) is 25.4 Å². The van der Waals surface area contributed by atoms with Crippen molar-refractivity contribution in [3.8, 4) is 11.8 Å². The number of hydrogen-bond acceptors (Lipinski definition) is 2. The highest BCUT2D eigenvalue weighted by Gasteiger charge is 2.15. The quantitative estimate of drug-likeness (QED) is 0.446. The van der Waals surface area contributed by atoms with Crippen molar-refractivity contribution in [1.82, 2.24) is 9.55 Å². The van der Waals surface area contributed by atoms with Crippen LogP contribution in [-0.2, 0) is 5.41 Å². The van der Waals surface area contributed by atoms with Crippen molar-refractivity contribution in [1.29, 1.82) is 5.26 Å². The SMILES string of the molecule is C=C/C(C#N)=C(\C)c1cccc(-n2cnc3cc(C(C)(C)C)ccc32)c1. The number of nitrogens with zero attached hydrogens (tertiary/aromatic N) is 3. The lowest BCUT2D eigenvalue weighted by Gasteiger charge is -2.18. The van der Waals surface area contributed by atoms with E-state index in [4.69, 9.17) is 0 Å². The molecule has 1 aromatic heterocycles. The van der Waals surface area contributed by atoms with Gasteiger partial charge in [-0.1, -0.05) is 51.6 Å². The van der Waals surface area contributed by atoms with Gasteiger partial charge in [0.25, 0.3) is 0 Å². The molecule has 3 nitrogen and oxygen atoms in total. The summed E-state index contributed by atoms with van der Waals surface area (Å²) in [6.07, 6.45) is 3.45. The molecule has 0 saturated heterocycles. The molecule has 2 aromatic carbocycles. The van der Waals surface area contributed by atoms with Gasteiger partial charge in [-0.05, 0) is 53.3 Å². The molecule has 0 N–H and O–H groups in total.